The van der Waals surface area contributed by atoms with E-state index in [1.54, 1.807) is 5.32 Å². The molecule has 0 aliphatic carbocycles. The van der Waals surface area contributed by atoms with Gasteiger partial charge in [-0.15, -0.1) is 0 Å². The first kappa shape index (κ1) is 16.6. The summed E-state index contributed by atoms with van der Waals surface area (Å²) in [6.07, 6.45) is -4.94. The lowest BCUT2D eigenvalue weighted by Crippen LogP contribution is -2.41. The number of carbonyl (C=O) groups is 2. The molecule has 0 radical (unpaired) electrons. The summed E-state index contributed by atoms with van der Waals surface area (Å²) < 4.78 is 35.6. The van der Waals surface area contributed by atoms with Crippen molar-refractivity contribution in [2.75, 3.05) is 13.1 Å². The van der Waals surface area contributed by atoms with E-state index in [2.05, 4.69) is 5.32 Å². The summed E-state index contributed by atoms with van der Waals surface area (Å²) in [5.74, 6) is -2.64. The maximum Gasteiger partial charge on any atom is 0.471 e. The van der Waals surface area contributed by atoms with Gasteiger partial charge in [-0.1, -0.05) is 23.2 Å². The van der Waals surface area contributed by atoms with Gasteiger partial charge in [0.15, 0.2) is 0 Å². The van der Waals surface area contributed by atoms with Crippen LogP contribution >= 0.6 is 23.2 Å². The summed E-state index contributed by atoms with van der Waals surface area (Å²) in [5.41, 5.74) is 0.137. The molecule has 110 valence electrons. The van der Waals surface area contributed by atoms with Crippen LogP contribution in [0.25, 0.3) is 0 Å². The van der Waals surface area contributed by atoms with Gasteiger partial charge in [-0.3, -0.25) is 9.59 Å². The zero-order valence-electron chi connectivity index (χ0n) is 9.85. The predicted molar refractivity (Wildman–Crippen MR) is 67.9 cm³/mol. The van der Waals surface area contributed by atoms with Crippen LogP contribution in [0.5, 0.6) is 0 Å². The molecule has 0 fully saturated rings. The highest BCUT2D eigenvalue weighted by Crippen LogP contribution is 2.20. The zero-order valence-corrected chi connectivity index (χ0v) is 11.4. The fourth-order valence-electron chi connectivity index (χ4n) is 1.22. The van der Waals surface area contributed by atoms with Crippen molar-refractivity contribution in [3.63, 3.8) is 0 Å². The molecule has 0 bridgehead atoms. The van der Waals surface area contributed by atoms with Crippen LogP contribution in [0.1, 0.15) is 10.4 Å². The number of hydrogen-bond acceptors (Lipinski definition) is 2. The number of nitrogens with one attached hydrogen (secondary N) is 2. The van der Waals surface area contributed by atoms with Crippen molar-refractivity contribution in [3.8, 4) is 0 Å². The van der Waals surface area contributed by atoms with Gasteiger partial charge in [-0.2, -0.15) is 13.2 Å². The molecule has 0 saturated carbocycles. The molecule has 0 saturated heterocycles. The third-order valence-corrected chi connectivity index (χ3v) is 2.68. The third-order valence-electron chi connectivity index (χ3n) is 2.13. The Kier molecular flexibility index (Phi) is 5.64. The molecule has 1 aromatic rings. The highest BCUT2D eigenvalue weighted by molar-refractivity contribution is 6.36. The second-order valence-corrected chi connectivity index (χ2v) is 4.48. The molecule has 9 heteroatoms. The van der Waals surface area contributed by atoms with Crippen molar-refractivity contribution < 1.29 is 22.8 Å². The Morgan fingerprint density at radius 1 is 1.10 bits per heavy atom. The number of hydrogen-bond donors (Lipinski definition) is 2. The second-order valence-electron chi connectivity index (χ2n) is 3.63. The molecular formula is C11H9Cl2F3N2O2. The topological polar surface area (TPSA) is 58.2 Å². The Morgan fingerprint density at radius 3 is 2.25 bits per heavy atom. The number of rotatable bonds is 4. The molecular weight excluding hydrogens is 320 g/mol. The van der Waals surface area contributed by atoms with Crippen LogP contribution in [0.3, 0.4) is 0 Å². The standard InChI is InChI=1S/C11H9Cl2F3N2O2/c12-6-1-2-7(8(13)5-6)9(19)17-3-4-18-10(20)11(14,15)16/h1-2,5H,3-4H2,(H,17,19)(H,18,20). The van der Waals surface area contributed by atoms with Crippen molar-refractivity contribution in [2.24, 2.45) is 0 Å². The maximum atomic E-state index is 11.9. The number of benzene rings is 1. The van der Waals surface area contributed by atoms with E-state index in [9.17, 15) is 22.8 Å². The molecule has 0 aromatic heterocycles. The molecule has 0 aliphatic heterocycles. The Morgan fingerprint density at radius 2 is 1.70 bits per heavy atom. The van der Waals surface area contributed by atoms with Crippen LogP contribution in [0.15, 0.2) is 18.2 Å². The summed E-state index contributed by atoms with van der Waals surface area (Å²) in [7, 11) is 0. The van der Waals surface area contributed by atoms with Gasteiger partial charge in [0.05, 0.1) is 10.6 Å². The molecule has 2 amide bonds. The van der Waals surface area contributed by atoms with E-state index >= 15 is 0 Å². The summed E-state index contributed by atoms with van der Waals surface area (Å²) in [6.45, 7) is -0.519. The van der Waals surface area contributed by atoms with E-state index in [1.165, 1.54) is 18.2 Å². The van der Waals surface area contributed by atoms with Gasteiger partial charge >= 0.3 is 12.1 Å². The molecule has 0 aliphatic rings. The van der Waals surface area contributed by atoms with Gasteiger partial charge in [0.1, 0.15) is 0 Å². The van der Waals surface area contributed by atoms with Crippen LogP contribution in [0.2, 0.25) is 10.0 Å². The van der Waals surface area contributed by atoms with Crippen molar-refractivity contribution >= 4 is 35.0 Å². The molecule has 1 aromatic carbocycles. The third kappa shape index (κ3) is 4.90. The molecule has 0 atom stereocenters. The fraction of sp³-hybridized carbons (Fsp3) is 0.273. The van der Waals surface area contributed by atoms with Gasteiger partial charge in [-0.25, -0.2) is 0 Å². The van der Waals surface area contributed by atoms with Crippen LogP contribution in [0, 0.1) is 0 Å². The van der Waals surface area contributed by atoms with Gasteiger partial charge < -0.3 is 10.6 Å². The van der Waals surface area contributed by atoms with Crippen molar-refractivity contribution in [3.05, 3.63) is 33.8 Å². The Labute approximate surface area is 122 Å². The van der Waals surface area contributed by atoms with Gasteiger partial charge in [0, 0.05) is 18.1 Å². The van der Waals surface area contributed by atoms with Gasteiger partial charge in [0.2, 0.25) is 0 Å². The normalized spacial score (nSPS) is 11.1. The second kappa shape index (κ2) is 6.81. The SMILES string of the molecule is O=C(NCCNC(=O)C(F)(F)F)c1ccc(Cl)cc1Cl. The summed E-state index contributed by atoms with van der Waals surface area (Å²) in [4.78, 5) is 22.1. The van der Waals surface area contributed by atoms with Crippen LogP contribution in [-0.4, -0.2) is 31.1 Å². The average molecular weight is 329 g/mol. The Bertz CT molecular complexity index is 521. The van der Waals surface area contributed by atoms with E-state index < -0.39 is 18.0 Å². The van der Waals surface area contributed by atoms with E-state index in [-0.39, 0.29) is 23.7 Å². The number of carbonyl (C=O) groups excluding carboxylic acids is 2. The lowest BCUT2D eigenvalue weighted by atomic mass is 10.2. The number of halogens is 5. The molecule has 2 N–H and O–H groups in total. The van der Waals surface area contributed by atoms with Crippen molar-refractivity contribution in [2.45, 2.75) is 6.18 Å². The highest BCUT2D eigenvalue weighted by Gasteiger charge is 2.38. The highest BCUT2D eigenvalue weighted by atomic mass is 35.5. The van der Waals surface area contributed by atoms with Crippen LogP contribution in [0.4, 0.5) is 13.2 Å². The first-order chi connectivity index (χ1) is 9.21. The van der Waals surface area contributed by atoms with E-state index in [1.807, 2.05) is 0 Å². The lowest BCUT2D eigenvalue weighted by molar-refractivity contribution is -0.173. The average Bonchev–Trinajstić information content (AvgIpc) is 2.32. The van der Waals surface area contributed by atoms with E-state index in [0.29, 0.717) is 5.02 Å². The van der Waals surface area contributed by atoms with Crippen LogP contribution in [-0.2, 0) is 4.79 Å². The van der Waals surface area contributed by atoms with Crippen molar-refractivity contribution in [1.82, 2.24) is 10.6 Å². The van der Waals surface area contributed by atoms with Crippen molar-refractivity contribution in [1.29, 1.82) is 0 Å². The summed E-state index contributed by atoms with van der Waals surface area (Å²) in [6, 6.07) is 4.20. The molecule has 1 rings (SSSR count). The van der Waals surface area contributed by atoms with E-state index in [4.69, 9.17) is 23.2 Å². The quantitative estimate of drug-likeness (QED) is 0.834. The minimum atomic E-state index is -4.94. The van der Waals surface area contributed by atoms with Gasteiger partial charge in [-0.05, 0) is 18.2 Å². The molecule has 0 heterocycles. The zero-order chi connectivity index (χ0) is 15.3. The molecule has 0 spiro atoms. The molecule has 20 heavy (non-hydrogen) atoms. The molecule has 0 unspecified atom stereocenters. The lowest BCUT2D eigenvalue weighted by Gasteiger charge is -2.09. The largest absolute Gasteiger partial charge is 0.471 e. The Hall–Kier alpha value is -1.47. The minimum Gasteiger partial charge on any atom is -0.350 e. The first-order valence-electron chi connectivity index (χ1n) is 5.30. The summed E-state index contributed by atoms with van der Waals surface area (Å²) in [5, 5.41) is 4.41. The van der Waals surface area contributed by atoms with Crippen LogP contribution < -0.4 is 10.6 Å². The van der Waals surface area contributed by atoms with E-state index in [0.717, 1.165) is 0 Å². The fourth-order valence-corrected chi connectivity index (χ4v) is 1.72. The molecule has 4 nitrogen and oxygen atoms in total. The maximum absolute atomic E-state index is 11.9. The Balaban J connectivity index is 2.43. The predicted octanol–water partition coefficient (Wildman–Crippen LogP) is 2.40. The monoisotopic (exact) mass is 328 g/mol. The number of alkyl halides is 3. The number of amides is 2. The summed E-state index contributed by atoms with van der Waals surface area (Å²) >= 11 is 11.4. The minimum absolute atomic E-state index is 0.120. The first-order valence-corrected chi connectivity index (χ1v) is 6.05. The van der Waals surface area contributed by atoms with Gasteiger partial charge in [0.25, 0.3) is 5.91 Å². The smallest absolute Gasteiger partial charge is 0.350 e.